The van der Waals surface area contributed by atoms with Crippen LogP contribution in [0.25, 0.3) is 0 Å². The number of carbonyl (C=O) groups excluding carboxylic acids is 1. The van der Waals surface area contributed by atoms with Crippen LogP contribution in [0.5, 0.6) is 5.75 Å². The molecule has 1 atom stereocenters. The Morgan fingerprint density at radius 3 is 2.35 bits per heavy atom. The summed E-state index contributed by atoms with van der Waals surface area (Å²) >= 11 is 3.53. The first kappa shape index (κ1) is 17.5. The van der Waals surface area contributed by atoms with Crippen LogP contribution in [0.1, 0.15) is 36.1 Å². The minimum absolute atomic E-state index is 0.0145. The van der Waals surface area contributed by atoms with Gasteiger partial charge in [0.2, 0.25) is 0 Å². The summed E-state index contributed by atoms with van der Waals surface area (Å²) in [4.78, 5) is 12.2. The number of carbonyl (C=O) groups is 1. The highest BCUT2D eigenvalue weighted by molar-refractivity contribution is 9.10. The summed E-state index contributed by atoms with van der Waals surface area (Å²) in [5, 5.41) is 3.02. The first-order chi connectivity index (χ1) is 11.0. The lowest BCUT2D eigenvalue weighted by Gasteiger charge is -2.18. The van der Waals surface area contributed by atoms with Crippen molar-refractivity contribution in [1.29, 1.82) is 0 Å². The van der Waals surface area contributed by atoms with E-state index in [0.717, 1.165) is 27.6 Å². The second kappa shape index (κ2) is 8.16. The topological polar surface area (TPSA) is 38.3 Å². The number of nitrogens with one attached hydrogen (secondary N) is 1. The third-order valence-corrected chi connectivity index (χ3v) is 4.98. The molecular formula is C19H22BrNO2. The Hall–Kier alpha value is -1.81. The molecule has 0 saturated carbocycles. The van der Waals surface area contributed by atoms with Gasteiger partial charge in [-0.15, -0.1) is 0 Å². The Bertz CT molecular complexity index is 647. The molecule has 122 valence electrons. The number of rotatable bonds is 6. The van der Waals surface area contributed by atoms with E-state index in [9.17, 15) is 4.79 Å². The van der Waals surface area contributed by atoms with Crippen LogP contribution in [-0.2, 0) is 4.79 Å². The fourth-order valence-corrected chi connectivity index (χ4v) is 2.71. The van der Waals surface area contributed by atoms with Crippen molar-refractivity contribution in [3.63, 3.8) is 0 Å². The standard InChI is InChI=1S/C19H22BrNO2/c1-4-17(15-8-6-5-7-9-15)21-18(22)12-23-16-10-13(2)19(20)14(3)11-16/h5-11,17H,4,12H2,1-3H3,(H,21,22)/t17-/m1/s1. The molecule has 0 heterocycles. The summed E-state index contributed by atoms with van der Waals surface area (Å²) in [6.07, 6.45) is 0.840. The molecule has 23 heavy (non-hydrogen) atoms. The van der Waals surface area contributed by atoms with Gasteiger partial charge in [-0.3, -0.25) is 4.79 Å². The normalized spacial score (nSPS) is 11.8. The Balaban J connectivity index is 1.94. The van der Waals surface area contributed by atoms with Gasteiger partial charge in [-0.05, 0) is 49.1 Å². The lowest BCUT2D eigenvalue weighted by atomic mass is 10.0. The van der Waals surface area contributed by atoms with Gasteiger partial charge in [0.25, 0.3) is 5.91 Å². The summed E-state index contributed by atoms with van der Waals surface area (Å²) in [5.74, 6) is 0.602. The third-order valence-electron chi connectivity index (χ3n) is 3.73. The van der Waals surface area contributed by atoms with Crippen molar-refractivity contribution >= 4 is 21.8 Å². The predicted molar refractivity (Wildman–Crippen MR) is 96.7 cm³/mol. The molecule has 1 N–H and O–H groups in total. The highest BCUT2D eigenvalue weighted by atomic mass is 79.9. The van der Waals surface area contributed by atoms with Crippen LogP contribution < -0.4 is 10.1 Å². The molecule has 0 aromatic heterocycles. The largest absolute Gasteiger partial charge is 0.484 e. The molecule has 2 rings (SSSR count). The van der Waals surface area contributed by atoms with Gasteiger partial charge in [0.1, 0.15) is 5.75 Å². The van der Waals surface area contributed by atoms with E-state index in [2.05, 4.69) is 28.2 Å². The van der Waals surface area contributed by atoms with E-state index in [0.29, 0.717) is 5.75 Å². The van der Waals surface area contributed by atoms with Crippen molar-refractivity contribution in [1.82, 2.24) is 5.32 Å². The van der Waals surface area contributed by atoms with Crippen LogP contribution in [0.15, 0.2) is 46.9 Å². The number of ether oxygens (including phenoxy) is 1. The van der Waals surface area contributed by atoms with Crippen molar-refractivity contribution in [2.24, 2.45) is 0 Å². The van der Waals surface area contributed by atoms with Gasteiger partial charge in [-0.2, -0.15) is 0 Å². The van der Waals surface area contributed by atoms with E-state index < -0.39 is 0 Å². The fraction of sp³-hybridized carbons (Fsp3) is 0.316. The summed E-state index contributed by atoms with van der Waals surface area (Å²) in [6.45, 7) is 6.09. The molecule has 0 spiro atoms. The maximum Gasteiger partial charge on any atom is 0.258 e. The lowest BCUT2D eigenvalue weighted by molar-refractivity contribution is -0.123. The Labute approximate surface area is 146 Å². The van der Waals surface area contributed by atoms with Gasteiger partial charge in [0, 0.05) is 4.47 Å². The molecule has 0 radical (unpaired) electrons. The smallest absolute Gasteiger partial charge is 0.258 e. The molecule has 0 fully saturated rings. The average Bonchev–Trinajstić information content (AvgIpc) is 2.56. The minimum atomic E-state index is -0.112. The Morgan fingerprint density at radius 2 is 1.78 bits per heavy atom. The van der Waals surface area contributed by atoms with Gasteiger partial charge in [0.15, 0.2) is 6.61 Å². The van der Waals surface area contributed by atoms with E-state index in [4.69, 9.17) is 4.74 Å². The number of hydrogen-bond donors (Lipinski definition) is 1. The molecular weight excluding hydrogens is 354 g/mol. The highest BCUT2D eigenvalue weighted by Crippen LogP contribution is 2.26. The highest BCUT2D eigenvalue weighted by Gasteiger charge is 2.13. The molecule has 0 unspecified atom stereocenters. The van der Waals surface area contributed by atoms with Crippen LogP contribution in [0.4, 0.5) is 0 Å². The van der Waals surface area contributed by atoms with E-state index in [1.165, 1.54) is 0 Å². The molecule has 0 aliphatic carbocycles. The van der Waals surface area contributed by atoms with Crippen molar-refractivity contribution in [2.45, 2.75) is 33.2 Å². The van der Waals surface area contributed by atoms with E-state index in [1.54, 1.807) is 0 Å². The van der Waals surface area contributed by atoms with Crippen molar-refractivity contribution in [3.8, 4) is 5.75 Å². The van der Waals surface area contributed by atoms with Crippen molar-refractivity contribution in [2.75, 3.05) is 6.61 Å². The zero-order chi connectivity index (χ0) is 16.8. The Morgan fingerprint density at radius 1 is 1.17 bits per heavy atom. The molecule has 0 saturated heterocycles. The molecule has 0 aliphatic heterocycles. The first-order valence-corrected chi connectivity index (χ1v) is 8.54. The van der Waals surface area contributed by atoms with Crippen LogP contribution in [0.2, 0.25) is 0 Å². The number of benzene rings is 2. The number of hydrogen-bond acceptors (Lipinski definition) is 2. The minimum Gasteiger partial charge on any atom is -0.484 e. The zero-order valence-corrected chi connectivity index (χ0v) is 15.3. The maximum atomic E-state index is 12.2. The van der Waals surface area contributed by atoms with Crippen LogP contribution in [0.3, 0.4) is 0 Å². The van der Waals surface area contributed by atoms with Gasteiger partial charge in [-0.25, -0.2) is 0 Å². The quantitative estimate of drug-likeness (QED) is 0.793. The maximum absolute atomic E-state index is 12.2. The Kier molecular flexibility index (Phi) is 6.22. The van der Waals surface area contributed by atoms with E-state index in [-0.39, 0.29) is 18.6 Å². The number of amides is 1. The molecule has 0 aliphatic rings. The third kappa shape index (κ3) is 4.83. The van der Waals surface area contributed by atoms with Crippen molar-refractivity contribution < 1.29 is 9.53 Å². The second-order valence-electron chi connectivity index (χ2n) is 5.60. The fourth-order valence-electron chi connectivity index (χ4n) is 2.48. The molecule has 2 aromatic carbocycles. The SMILES string of the molecule is CC[C@@H](NC(=O)COc1cc(C)c(Br)c(C)c1)c1ccccc1. The van der Waals surface area contributed by atoms with E-state index >= 15 is 0 Å². The summed E-state index contributed by atoms with van der Waals surface area (Å²) in [7, 11) is 0. The summed E-state index contributed by atoms with van der Waals surface area (Å²) in [5.41, 5.74) is 3.30. The second-order valence-corrected chi connectivity index (χ2v) is 6.39. The van der Waals surface area contributed by atoms with Gasteiger partial charge < -0.3 is 10.1 Å². The monoisotopic (exact) mass is 375 g/mol. The average molecular weight is 376 g/mol. The summed E-state index contributed by atoms with van der Waals surface area (Å²) in [6, 6.07) is 13.9. The summed E-state index contributed by atoms with van der Waals surface area (Å²) < 4.78 is 6.71. The van der Waals surface area contributed by atoms with Gasteiger partial charge in [0.05, 0.1) is 6.04 Å². The molecule has 3 nitrogen and oxygen atoms in total. The van der Waals surface area contributed by atoms with Gasteiger partial charge in [-0.1, -0.05) is 53.2 Å². The van der Waals surface area contributed by atoms with Crippen molar-refractivity contribution in [3.05, 3.63) is 63.6 Å². The molecule has 2 aromatic rings. The zero-order valence-electron chi connectivity index (χ0n) is 13.7. The van der Waals surface area contributed by atoms with Crippen LogP contribution in [0, 0.1) is 13.8 Å². The number of aryl methyl sites for hydroxylation is 2. The van der Waals surface area contributed by atoms with Gasteiger partial charge >= 0.3 is 0 Å². The van der Waals surface area contributed by atoms with E-state index in [1.807, 2.05) is 56.3 Å². The molecule has 4 heteroatoms. The molecule has 1 amide bonds. The van der Waals surface area contributed by atoms with Crippen LogP contribution >= 0.6 is 15.9 Å². The predicted octanol–water partition coefficient (Wildman–Crippen LogP) is 4.71. The lowest BCUT2D eigenvalue weighted by Crippen LogP contribution is -2.32. The number of halogens is 1. The van der Waals surface area contributed by atoms with Crippen LogP contribution in [-0.4, -0.2) is 12.5 Å². The molecule has 0 bridgehead atoms. The first-order valence-electron chi connectivity index (χ1n) is 7.75.